The van der Waals surface area contributed by atoms with E-state index in [9.17, 15) is 4.79 Å². The lowest BCUT2D eigenvalue weighted by atomic mass is 10.4. The fourth-order valence-electron chi connectivity index (χ4n) is 1.25. The predicted octanol–water partition coefficient (Wildman–Crippen LogP) is 1.27. The molecule has 2 heterocycles. The van der Waals surface area contributed by atoms with E-state index in [0.29, 0.717) is 0 Å². The first-order chi connectivity index (χ1) is 5.86. The second-order valence-corrected chi connectivity index (χ2v) is 3.77. The molecular formula is C8H10N2OS. The molecule has 4 heteroatoms. The summed E-state index contributed by atoms with van der Waals surface area (Å²) < 4.78 is 0. The quantitative estimate of drug-likeness (QED) is 0.734. The van der Waals surface area contributed by atoms with Crippen molar-refractivity contribution in [1.29, 1.82) is 0 Å². The lowest BCUT2D eigenvalue weighted by Crippen LogP contribution is -2.27. The second-order valence-electron chi connectivity index (χ2n) is 2.73. The second kappa shape index (κ2) is 3.15. The Morgan fingerprint density at radius 2 is 2.58 bits per heavy atom. The Labute approximate surface area is 75.0 Å². The van der Waals surface area contributed by atoms with Crippen molar-refractivity contribution >= 4 is 17.4 Å². The minimum atomic E-state index is 0.0587. The van der Waals surface area contributed by atoms with Crippen LogP contribution < -0.4 is 5.32 Å². The number of hydrogen-bond donors (Lipinski definition) is 1. The van der Waals surface area contributed by atoms with E-state index >= 15 is 0 Å². The van der Waals surface area contributed by atoms with Gasteiger partial charge in [0.1, 0.15) is 0 Å². The van der Waals surface area contributed by atoms with Gasteiger partial charge in [0, 0.05) is 18.0 Å². The van der Waals surface area contributed by atoms with E-state index in [1.54, 1.807) is 11.3 Å². The summed E-state index contributed by atoms with van der Waals surface area (Å²) in [6, 6.07) is 4.12. The SMILES string of the molecule is O=C1NCCN1Cc1cccs1. The summed E-state index contributed by atoms with van der Waals surface area (Å²) in [6.45, 7) is 2.37. The summed E-state index contributed by atoms with van der Waals surface area (Å²) >= 11 is 1.69. The van der Waals surface area contributed by atoms with Crippen molar-refractivity contribution < 1.29 is 4.79 Å². The lowest BCUT2D eigenvalue weighted by Gasteiger charge is -2.11. The van der Waals surface area contributed by atoms with Crippen LogP contribution in [0.2, 0.25) is 0 Å². The maximum absolute atomic E-state index is 11.1. The van der Waals surface area contributed by atoms with Crippen LogP contribution in [0.5, 0.6) is 0 Å². The number of thiophene rings is 1. The molecule has 0 radical (unpaired) electrons. The Morgan fingerprint density at radius 1 is 1.67 bits per heavy atom. The fraction of sp³-hybridized carbons (Fsp3) is 0.375. The van der Waals surface area contributed by atoms with Crippen molar-refractivity contribution in [2.45, 2.75) is 6.54 Å². The Balaban J connectivity index is 1.99. The van der Waals surface area contributed by atoms with Crippen LogP contribution in [0.15, 0.2) is 17.5 Å². The molecule has 1 N–H and O–H groups in total. The predicted molar refractivity (Wildman–Crippen MR) is 48.1 cm³/mol. The molecule has 0 aromatic carbocycles. The minimum absolute atomic E-state index is 0.0587. The van der Waals surface area contributed by atoms with Crippen LogP contribution >= 0.6 is 11.3 Å². The Morgan fingerprint density at radius 3 is 3.17 bits per heavy atom. The van der Waals surface area contributed by atoms with Gasteiger partial charge in [-0.25, -0.2) is 4.79 Å². The van der Waals surface area contributed by atoms with Crippen LogP contribution in [0.25, 0.3) is 0 Å². The van der Waals surface area contributed by atoms with Crippen LogP contribution in [0.4, 0.5) is 4.79 Å². The number of amides is 2. The van der Waals surface area contributed by atoms with Gasteiger partial charge in [-0.3, -0.25) is 0 Å². The first-order valence-corrected chi connectivity index (χ1v) is 4.79. The van der Waals surface area contributed by atoms with Crippen LogP contribution in [-0.4, -0.2) is 24.0 Å². The summed E-state index contributed by atoms with van der Waals surface area (Å²) in [6.07, 6.45) is 0. The molecule has 3 nitrogen and oxygen atoms in total. The molecule has 0 aliphatic carbocycles. The molecule has 1 aromatic heterocycles. The van der Waals surface area contributed by atoms with E-state index < -0.39 is 0 Å². The van der Waals surface area contributed by atoms with Gasteiger partial charge in [-0.2, -0.15) is 0 Å². The molecule has 0 saturated carbocycles. The molecule has 0 atom stereocenters. The van der Waals surface area contributed by atoms with Gasteiger partial charge >= 0.3 is 6.03 Å². The summed E-state index contributed by atoms with van der Waals surface area (Å²) in [5, 5.41) is 4.80. The molecule has 1 aliphatic rings. The molecule has 2 rings (SSSR count). The molecule has 1 saturated heterocycles. The standard InChI is InChI=1S/C8H10N2OS/c11-8-9-3-4-10(8)6-7-2-1-5-12-7/h1-2,5H,3-4,6H2,(H,9,11). The van der Waals surface area contributed by atoms with E-state index in [1.807, 2.05) is 16.3 Å². The van der Waals surface area contributed by atoms with Gasteiger partial charge in [-0.15, -0.1) is 11.3 Å². The number of nitrogens with one attached hydrogen (secondary N) is 1. The lowest BCUT2D eigenvalue weighted by molar-refractivity contribution is 0.216. The summed E-state index contributed by atoms with van der Waals surface area (Å²) in [4.78, 5) is 14.2. The van der Waals surface area contributed by atoms with Gasteiger partial charge in [0.15, 0.2) is 0 Å². The maximum Gasteiger partial charge on any atom is 0.317 e. The molecule has 0 bridgehead atoms. The largest absolute Gasteiger partial charge is 0.336 e. The van der Waals surface area contributed by atoms with Crippen molar-refractivity contribution in [3.63, 3.8) is 0 Å². The smallest absolute Gasteiger partial charge is 0.317 e. The molecule has 1 fully saturated rings. The molecule has 0 spiro atoms. The molecular weight excluding hydrogens is 172 g/mol. The zero-order valence-corrected chi connectivity index (χ0v) is 7.43. The van der Waals surface area contributed by atoms with E-state index in [2.05, 4.69) is 11.4 Å². The fourth-order valence-corrected chi connectivity index (χ4v) is 1.97. The van der Waals surface area contributed by atoms with Gasteiger partial charge in [-0.05, 0) is 11.4 Å². The van der Waals surface area contributed by atoms with Crippen molar-refractivity contribution in [3.8, 4) is 0 Å². The average molecular weight is 182 g/mol. The van der Waals surface area contributed by atoms with Crippen LogP contribution in [0.3, 0.4) is 0 Å². The van der Waals surface area contributed by atoms with Crippen LogP contribution in [-0.2, 0) is 6.54 Å². The first-order valence-electron chi connectivity index (χ1n) is 3.91. The Kier molecular flexibility index (Phi) is 1.99. The van der Waals surface area contributed by atoms with Crippen molar-refractivity contribution in [3.05, 3.63) is 22.4 Å². The zero-order chi connectivity index (χ0) is 8.39. The number of hydrogen-bond acceptors (Lipinski definition) is 2. The number of carbonyl (C=O) groups excluding carboxylic acids is 1. The van der Waals surface area contributed by atoms with E-state index in [0.717, 1.165) is 19.6 Å². The Bertz CT molecular complexity index is 271. The third-order valence-corrected chi connectivity index (χ3v) is 2.73. The summed E-state index contributed by atoms with van der Waals surface area (Å²) in [7, 11) is 0. The van der Waals surface area contributed by atoms with E-state index in [4.69, 9.17) is 0 Å². The van der Waals surface area contributed by atoms with E-state index in [1.165, 1.54) is 4.88 Å². The molecule has 12 heavy (non-hydrogen) atoms. The van der Waals surface area contributed by atoms with Gasteiger partial charge in [0.2, 0.25) is 0 Å². The number of carbonyl (C=O) groups is 1. The van der Waals surface area contributed by atoms with E-state index in [-0.39, 0.29) is 6.03 Å². The van der Waals surface area contributed by atoms with Crippen molar-refractivity contribution in [2.75, 3.05) is 13.1 Å². The van der Waals surface area contributed by atoms with Gasteiger partial charge in [-0.1, -0.05) is 6.07 Å². The molecule has 1 aromatic rings. The molecule has 2 amide bonds. The number of nitrogens with zero attached hydrogens (tertiary/aromatic N) is 1. The van der Waals surface area contributed by atoms with Crippen LogP contribution in [0.1, 0.15) is 4.88 Å². The highest BCUT2D eigenvalue weighted by molar-refractivity contribution is 7.09. The van der Waals surface area contributed by atoms with Gasteiger partial charge in [0.05, 0.1) is 6.54 Å². The number of urea groups is 1. The highest BCUT2D eigenvalue weighted by Crippen LogP contribution is 2.12. The maximum atomic E-state index is 11.1. The topological polar surface area (TPSA) is 32.3 Å². The van der Waals surface area contributed by atoms with Crippen LogP contribution in [0, 0.1) is 0 Å². The third-order valence-electron chi connectivity index (χ3n) is 1.87. The normalized spacial score (nSPS) is 16.7. The third kappa shape index (κ3) is 1.43. The average Bonchev–Trinajstić information content (AvgIpc) is 2.65. The van der Waals surface area contributed by atoms with Gasteiger partial charge in [0.25, 0.3) is 0 Å². The van der Waals surface area contributed by atoms with Gasteiger partial charge < -0.3 is 10.2 Å². The zero-order valence-electron chi connectivity index (χ0n) is 6.62. The van der Waals surface area contributed by atoms with Crippen molar-refractivity contribution in [2.24, 2.45) is 0 Å². The summed E-state index contributed by atoms with van der Waals surface area (Å²) in [5.41, 5.74) is 0. The van der Waals surface area contributed by atoms with Crippen molar-refractivity contribution in [1.82, 2.24) is 10.2 Å². The molecule has 1 aliphatic heterocycles. The Hall–Kier alpha value is -1.03. The first kappa shape index (κ1) is 7.61. The summed E-state index contributed by atoms with van der Waals surface area (Å²) in [5.74, 6) is 0. The highest BCUT2D eigenvalue weighted by Gasteiger charge is 2.19. The number of rotatable bonds is 2. The minimum Gasteiger partial charge on any atom is -0.336 e. The molecule has 0 unspecified atom stereocenters. The monoisotopic (exact) mass is 182 g/mol. The highest BCUT2D eigenvalue weighted by atomic mass is 32.1. The molecule has 64 valence electrons.